The molecular formula is C22H21FeN3O2+2. The van der Waals surface area contributed by atoms with Crippen LogP contribution in [0, 0.1) is 77.6 Å². The molecule has 1 aromatic carbocycles. The van der Waals surface area contributed by atoms with E-state index in [2.05, 4.69) is 10.1 Å². The molecule has 4 rings (SSSR count). The van der Waals surface area contributed by atoms with Crippen molar-refractivity contribution in [2.45, 2.75) is 20.1 Å². The Hall–Kier alpha value is -1.65. The minimum atomic E-state index is -0.869. The van der Waals surface area contributed by atoms with E-state index in [-0.39, 0.29) is 22.9 Å². The molecule has 1 heterocycles. The Morgan fingerprint density at radius 3 is 2.14 bits per heavy atom. The van der Waals surface area contributed by atoms with Gasteiger partial charge in [-0.25, -0.2) is 9.67 Å². The number of carbonyl (C=O) groups excluding carboxylic acids is 1. The van der Waals surface area contributed by atoms with Crippen LogP contribution in [-0.2, 0) is 21.9 Å². The van der Waals surface area contributed by atoms with E-state index in [0.29, 0.717) is 11.7 Å². The van der Waals surface area contributed by atoms with Gasteiger partial charge in [0, 0.05) is 0 Å². The van der Waals surface area contributed by atoms with Crippen molar-refractivity contribution in [2.75, 3.05) is 0 Å². The summed E-state index contributed by atoms with van der Waals surface area (Å²) < 4.78 is 7.31. The fraction of sp³-hybridized carbons (Fsp3) is 0.136. The second kappa shape index (κ2) is 11.4. The summed E-state index contributed by atoms with van der Waals surface area (Å²) in [6.07, 6.45) is 19.2. The van der Waals surface area contributed by atoms with Crippen molar-refractivity contribution < 1.29 is 26.6 Å². The van der Waals surface area contributed by atoms with Crippen molar-refractivity contribution in [3.63, 3.8) is 0 Å². The van der Waals surface area contributed by atoms with Crippen LogP contribution in [0.15, 0.2) is 30.9 Å². The number of nitrogens with zero attached hydrogens (tertiary/aromatic N) is 3. The van der Waals surface area contributed by atoms with Crippen LogP contribution in [0.3, 0.4) is 0 Å². The Kier molecular flexibility index (Phi) is 9.20. The summed E-state index contributed by atoms with van der Waals surface area (Å²) in [6, 6.07) is 5.73. The Morgan fingerprint density at radius 2 is 1.61 bits per heavy atom. The number of rotatable bonds is 5. The molecule has 1 aromatic heterocycles. The van der Waals surface area contributed by atoms with Crippen molar-refractivity contribution in [1.29, 1.82) is 0 Å². The van der Waals surface area contributed by atoms with Crippen LogP contribution in [0.5, 0.6) is 5.75 Å². The Balaban J connectivity index is 0.000000408. The van der Waals surface area contributed by atoms with Gasteiger partial charge in [0.2, 0.25) is 5.78 Å². The zero-order chi connectivity index (χ0) is 19.1. The molecule has 0 bridgehead atoms. The van der Waals surface area contributed by atoms with Gasteiger partial charge in [0.25, 0.3) is 6.23 Å². The third-order valence-corrected chi connectivity index (χ3v) is 4.13. The Morgan fingerprint density at radius 1 is 0.964 bits per heavy atom. The van der Waals surface area contributed by atoms with Crippen molar-refractivity contribution >= 4 is 5.78 Å². The number of carbonyl (C=O) groups is 1. The first-order chi connectivity index (χ1) is 13.1. The van der Waals surface area contributed by atoms with Crippen LogP contribution in [0.25, 0.3) is 0 Å². The van der Waals surface area contributed by atoms with Crippen LogP contribution in [0.2, 0.25) is 0 Å². The zero-order valence-electron chi connectivity index (χ0n) is 15.7. The minimum Gasteiger partial charge on any atom is -0.461 e. The van der Waals surface area contributed by atoms with E-state index in [4.69, 9.17) is 4.74 Å². The maximum Gasteiger partial charge on any atom is 2.00 e. The topological polar surface area (TPSA) is 57.0 Å². The number of ketones is 1. The Labute approximate surface area is 178 Å². The van der Waals surface area contributed by atoms with Crippen LogP contribution in [0.4, 0.5) is 0 Å². The summed E-state index contributed by atoms with van der Waals surface area (Å²) >= 11 is 0. The molecule has 2 saturated carbocycles. The van der Waals surface area contributed by atoms with Gasteiger partial charge in [0.1, 0.15) is 18.4 Å². The van der Waals surface area contributed by atoms with E-state index in [1.807, 2.05) is 77.0 Å². The summed E-state index contributed by atoms with van der Waals surface area (Å²) in [6.45, 7) is 4.04. The first kappa shape index (κ1) is 22.6. The molecule has 1 unspecified atom stereocenters. The zero-order valence-corrected chi connectivity index (χ0v) is 16.8. The quantitative estimate of drug-likeness (QED) is 0.702. The monoisotopic (exact) mass is 415 g/mol. The second-order valence-corrected chi connectivity index (χ2v) is 6.09. The largest absolute Gasteiger partial charge is 2.00 e. The maximum absolute atomic E-state index is 12.6. The van der Waals surface area contributed by atoms with Gasteiger partial charge in [-0.05, 0) is 94.9 Å². The molecule has 0 aliphatic heterocycles. The molecule has 0 N–H and O–H groups in total. The minimum absolute atomic E-state index is 0. The molecule has 2 aromatic rings. The predicted octanol–water partition coefficient (Wildman–Crippen LogP) is 3.47. The molecule has 6 heteroatoms. The van der Waals surface area contributed by atoms with Crippen LogP contribution in [0.1, 0.15) is 17.4 Å². The van der Waals surface area contributed by atoms with Gasteiger partial charge >= 0.3 is 17.1 Å². The Bertz CT molecular complexity index is 716. The average molecular weight is 415 g/mol. The second-order valence-electron chi connectivity index (χ2n) is 6.09. The van der Waals surface area contributed by atoms with Gasteiger partial charge < -0.3 is 4.74 Å². The SMILES string of the molecule is Cc1ccc(OC(C(=O)[C]2[CH][CH][CH][CH]2)n2cncn2)cc1C.[CH]1[CH][CH][CH][CH]1.[Fe+2]. The number of ether oxygens (including phenoxy) is 1. The van der Waals surface area contributed by atoms with Gasteiger partial charge in [0.05, 0.1) is 5.92 Å². The summed E-state index contributed by atoms with van der Waals surface area (Å²) in [7, 11) is 0. The fourth-order valence-corrected chi connectivity index (χ4v) is 2.48. The fourth-order valence-electron chi connectivity index (χ4n) is 2.48. The number of hydrogen-bond donors (Lipinski definition) is 0. The first-order valence-electron chi connectivity index (χ1n) is 8.66. The van der Waals surface area contributed by atoms with Gasteiger partial charge in [-0.2, -0.15) is 5.10 Å². The number of aromatic nitrogens is 3. The molecule has 2 fully saturated rings. The number of hydrogen-bond acceptors (Lipinski definition) is 4. The van der Waals surface area contributed by atoms with Gasteiger partial charge in [-0.3, -0.25) is 4.79 Å². The summed E-state index contributed by atoms with van der Waals surface area (Å²) in [5.41, 5.74) is 2.28. The number of benzene rings is 1. The molecule has 28 heavy (non-hydrogen) atoms. The van der Waals surface area contributed by atoms with E-state index in [1.165, 1.54) is 22.9 Å². The molecule has 1 atom stereocenters. The van der Waals surface area contributed by atoms with Gasteiger partial charge in [0.15, 0.2) is 0 Å². The summed E-state index contributed by atoms with van der Waals surface area (Å²) in [4.78, 5) is 16.5. The third-order valence-electron chi connectivity index (χ3n) is 4.13. The number of aryl methyl sites for hydroxylation is 2. The van der Waals surface area contributed by atoms with E-state index >= 15 is 0 Å². The van der Waals surface area contributed by atoms with Crippen molar-refractivity contribution in [2.24, 2.45) is 0 Å². The molecule has 10 radical (unpaired) electrons. The molecule has 2 aliphatic rings. The van der Waals surface area contributed by atoms with Crippen LogP contribution < -0.4 is 4.74 Å². The smallest absolute Gasteiger partial charge is 0.461 e. The van der Waals surface area contributed by atoms with Crippen molar-refractivity contribution in [3.8, 4) is 5.75 Å². The predicted molar refractivity (Wildman–Crippen MR) is 103 cm³/mol. The molecular weight excluding hydrogens is 394 g/mol. The van der Waals surface area contributed by atoms with Crippen LogP contribution in [-0.4, -0.2) is 20.5 Å². The summed E-state index contributed by atoms with van der Waals surface area (Å²) in [5, 5.41) is 4.04. The van der Waals surface area contributed by atoms with Crippen molar-refractivity contribution in [3.05, 3.63) is 106 Å². The normalized spacial score (nSPS) is 17.4. The molecule has 0 spiro atoms. The van der Waals surface area contributed by atoms with Crippen LogP contribution >= 0.6 is 0 Å². The van der Waals surface area contributed by atoms with E-state index < -0.39 is 6.23 Å². The van der Waals surface area contributed by atoms with E-state index in [1.54, 1.807) is 12.8 Å². The van der Waals surface area contributed by atoms with E-state index in [9.17, 15) is 4.79 Å². The van der Waals surface area contributed by atoms with Crippen molar-refractivity contribution in [1.82, 2.24) is 14.8 Å². The van der Waals surface area contributed by atoms with Gasteiger partial charge in [-0.15, -0.1) is 0 Å². The maximum atomic E-state index is 12.6. The molecule has 0 saturated heterocycles. The van der Waals surface area contributed by atoms with E-state index in [0.717, 1.165) is 5.56 Å². The average Bonchev–Trinajstić information content (AvgIpc) is 3.46. The summed E-state index contributed by atoms with van der Waals surface area (Å²) in [5.74, 6) is 1.06. The molecule has 0 amide bonds. The number of Topliss-reactive ketones (excluding diaryl/α,β-unsaturated/α-hetero) is 1. The molecule has 2 aliphatic carbocycles. The third kappa shape index (κ3) is 6.18. The standard InChI is InChI=1S/C17H16N3O2.C5H5.Fe/c1-12-7-8-15(9-13(12)2)22-17(20-11-18-10-19-20)16(21)14-5-3-4-6-14;1-2-4-5-3-1;/h3-11,17H,1-2H3;1-5H;/q;;+2. The first-order valence-corrected chi connectivity index (χ1v) is 8.66. The molecule has 5 nitrogen and oxygen atoms in total. The molecule has 142 valence electrons. The van der Waals surface area contributed by atoms with Gasteiger partial charge in [-0.1, -0.05) is 6.07 Å².